The Labute approximate surface area is 244 Å². The summed E-state index contributed by atoms with van der Waals surface area (Å²) >= 11 is 0. The lowest BCUT2D eigenvalue weighted by molar-refractivity contribution is -0.114. The van der Waals surface area contributed by atoms with Gasteiger partial charge >= 0.3 is 0 Å². The van der Waals surface area contributed by atoms with Crippen LogP contribution in [0.25, 0.3) is 5.69 Å². The molecule has 0 saturated carbocycles. The quantitative estimate of drug-likeness (QED) is 0.250. The number of sulfonamides is 1. The van der Waals surface area contributed by atoms with Gasteiger partial charge in [-0.1, -0.05) is 54.1 Å². The number of aromatic nitrogens is 2. The van der Waals surface area contributed by atoms with Crippen molar-refractivity contribution in [3.63, 3.8) is 0 Å². The highest BCUT2D eigenvalue weighted by Crippen LogP contribution is 2.28. The van der Waals surface area contributed by atoms with Crippen LogP contribution in [-0.2, 0) is 21.9 Å². The van der Waals surface area contributed by atoms with Crippen LogP contribution in [0, 0.1) is 13.8 Å². The minimum absolute atomic E-state index is 0.0350. The molecule has 0 radical (unpaired) electrons. The molecule has 0 spiro atoms. The molecule has 5 aromatic rings. The van der Waals surface area contributed by atoms with Gasteiger partial charge in [0.05, 0.1) is 22.0 Å². The van der Waals surface area contributed by atoms with Crippen LogP contribution in [-0.4, -0.2) is 30.2 Å². The maximum atomic E-state index is 13.8. The minimum Gasteiger partial charge on any atom is -0.457 e. The molecule has 1 amide bonds. The van der Waals surface area contributed by atoms with E-state index in [9.17, 15) is 18.0 Å². The molecule has 0 aliphatic heterocycles. The lowest BCUT2D eigenvalue weighted by Crippen LogP contribution is -2.38. The summed E-state index contributed by atoms with van der Waals surface area (Å²) in [4.78, 5) is 26.8. The summed E-state index contributed by atoms with van der Waals surface area (Å²) in [5, 5.41) is 2.66. The van der Waals surface area contributed by atoms with Crippen LogP contribution in [0.15, 0.2) is 119 Å². The Balaban J connectivity index is 1.46. The molecule has 42 heavy (non-hydrogen) atoms. The Morgan fingerprint density at radius 3 is 2.00 bits per heavy atom. The van der Waals surface area contributed by atoms with Gasteiger partial charge in [-0.2, -0.15) is 0 Å². The molecular weight excluding hydrogens is 552 g/mol. The molecule has 1 heterocycles. The van der Waals surface area contributed by atoms with Crippen molar-refractivity contribution < 1.29 is 17.9 Å². The molecule has 1 aromatic heterocycles. The fourth-order valence-electron chi connectivity index (χ4n) is 4.48. The molecular formula is C32H30N4O5S. The van der Waals surface area contributed by atoms with Crippen molar-refractivity contribution >= 4 is 27.3 Å². The highest BCUT2D eigenvalue weighted by molar-refractivity contribution is 7.92. The first-order chi connectivity index (χ1) is 20.1. The van der Waals surface area contributed by atoms with Crippen LogP contribution in [0.3, 0.4) is 0 Å². The van der Waals surface area contributed by atoms with E-state index in [1.807, 2.05) is 55.5 Å². The molecule has 9 nitrogen and oxygen atoms in total. The van der Waals surface area contributed by atoms with Crippen LogP contribution in [0.2, 0.25) is 0 Å². The van der Waals surface area contributed by atoms with Gasteiger partial charge in [-0.3, -0.25) is 18.6 Å². The number of benzene rings is 4. The summed E-state index contributed by atoms with van der Waals surface area (Å²) in [7, 11) is -2.44. The van der Waals surface area contributed by atoms with E-state index in [4.69, 9.17) is 4.74 Å². The molecule has 0 aliphatic rings. The van der Waals surface area contributed by atoms with E-state index < -0.39 is 28.0 Å². The van der Waals surface area contributed by atoms with E-state index >= 15 is 0 Å². The zero-order valence-electron chi connectivity index (χ0n) is 23.4. The summed E-state index contributed by atoms with van der Waals surface area (Å²) in [6, 6.07) is 31.1. The van der Waals surface area contributed by atoms with E-state index in [0.717, 1.165) is 9.87 Å². The monoisotopic (exact) mass is 582 g/mol. The van der Waals surface area contributed by atoms with Crippen molar-refractivity contribution in [1.82, 2.24) is 9.36 Å². The standard InChI is InChI=1S/C32H30N4O5S/c1-23-14-20-29(21-15-23)42(39,40)35(25-16-18-28(19-17-25)41-27-12-8-5-9-13-27)22-30(37)33-31-24(2)34(3)36(32(31)38)26-10-6-4-7-11-26/h4-21H,22H2,1-3H3,(H,33,37). The van der Waals surface area contributed by atoms with E-state index in [0.29, 0.717) is 22.9 Å². The Morgan fingerprint density at radius 1 is 0.810 bits per heavy atom. The van der Waals surface area contributed by atoms with E-state index in [1.54, 1.807) is 67.2 Å². The second kappa shape index (κ2) is 11.8. The number of carbonyl (C=O) groups excluding carboxylic acids is 1. The predicted molar refractivity (Wildman–Crippen MR) is 163 cm³/mol. The van der Waals surface area contributed by atoms with Crippen molar-refractivity contribution in [2.24, 2.45) is 7.05 Å². The van der Waals surface area contributed by atoms with Gasteiger partial charge in [-0.25, -0.2) is 13.1 Å². The maximum absolute atomic E-state index is 13.8. The number of nitrogens with one attached hydrogen (secondary N) is 1. The maximum Gasteiger partial charge on any atom is 0.295 e. The normalized spacial score (nSPS) is 11.2. The van der Waals surface area contributed by atoms with Gasteiger partial charge in [-0.15, -0.1) is 0 Å². The molecule has 5 rings (SSSR count). The number of aryl methyl sites for hydroxylation is 1. The van der Waals surface area contributed by atoms with Gasteiger partial charge in [0.25, 0.3) is 15.6 Å². The summed E-state index contributed by atoms with van der Waals surface area (Å²) in [5.74, 6) is 0.470. The summed E-state index contributed by atoms with van der Waals surface area (Å²) < 4.78 is 37.6. The number of amides is 1. The fraction of sp³-hybridized carbons (Fsp3) is 0.125. The number of anilines is 2. The van der Waals surface area contributed by atoms with Gasteiger partial charge in [-0.05, 0) is 74.5 Å². The van der Waals surface area contributed by atoms with Crippen LogP contribution >= 0.6 is 0 Å². The highest BCUT2D eigenvalue weighted by atomic mass is 32.2. The molecule has 4 aromatic carbocycles. The molecule has 1 N–H and O–H groups in total. The number of carbonyl (C=O) groups is 1. The average molecular weight is 583 g/mol. The van der Waals surface area contributed by atoms with Gasteiger partial charge in [0, 0.05) is 7.05 Å². The van der Waals surface area contributed by atoms with Gasteiger partial charge in [0.1, 0.15) is 23.7 Å². The first-order valence-corrected chi connectivity index (χ1v) is 14.7. The first-order valence-electron chi connectivity index (χ1n) is 13.2. The van der Waals surface area contributed by atoms with E-state index in [2.05, 4.69) is 5.32 Å². The van der Waals surface area contributed by atoms with Crippen LogP contribution in [0.5, 0.6) is 11.5 Å². The second-order valence-corrected chi connectivity index (χ2v) is 11.6. The molecule has 0 atom stereocenters. The number of ether oxygens (including phenoxy) is 1. The molecule has 0 saturated heterocycles. The van der Waals surface area contributed by atoms with Crippen LogP contribution in [0.4, 0.5) is 11.4 Å². The first kappa shape index (κ1) is 28.4. The third kappa shape index (κ3) is 5.84. The number of hydrogen-bond donors (Lipinski definition) is 1. The molecule has 0 unspecified atom stereocenters. The third-order valence-electron chi connectivity index (χ3n) is 6.82. The largest absolute Gasteiger partial charge is 0.457 e. The Morgan fingerprint density at radius 2 is 1.38 bits per heavy atom. The molecule has 0 fully saturated rings. The molecule has 0 aliphatic carbocycles. The van der Waals surface area contributed by atoms with Crippen molar-refractivity contribution in [3.05, 3.63) is 131 Å². The van der Waals surface area contributed by atoms with Crippen molar-refractivity contribution in [2.45, 2.75) is 18.7 Å². The van der Waals surface area contributed by atoms with Gasteiger partial charge < -0.3 is 10.1 Å². The van der Waals surface area contributed by atoms with Crippen LogP contribution < -0.4 is 19.9 Å². The Kier molecular flexibility index (Phi) is 7.99. The van der Waals surface area contributed by atoms with Crippen molar-refractivity contribution in [3.8, 4) is 17.2 Å². The molecule has 10 heteroatoms. The zero-order chi connectivity index (χ0) is 29.9. The van der Waals surface area contributed by atoms with Gasteiger partial charge in [0.15, 0.2) is 0 Å². The second-order valence-electron chi connectivity index (χ2n) is 9.72. The lowest BCUT2D eigenvalue weighted by atomic mass is 10.2. The predicted octanol–water partition coefficient (Wildman–Crippen LogP) is 5.42. The SMILES string of the molecule is Cc1ccc(S(=O)(=O)N(CC(=O)Nc2c(C)n(C)n(-c3ccccc3)c2=O)c2ccc(Oc3ccccc3)cc2)cc1. The highest BCUT2D eigenvalue weighted by Gasteiger charge is 2.28. The minimum atomic E-state index is -4.15. The summed E-state index contributed by atoms with van der Waals surface area (Å²) in [6.45, 7) is 3.01. The van der Waals surface area contributed by atoms with Gasteiger partial charge in [0.2, 0.25) is 5.91 Å². The number of hydrogen-bond acceptors (Lipinski definition) is 5. The van der Waals surface area contributed by atoms with Crippen LogP contribution in [0.1, 0.15) is 11.3 Å². The molecule has 214 valence electrons. The third-order valence-corrected chi connectivity index (χ3v) is 8.61. The fourth-order valence-corrected chi connectivity index (χ4v) is 5.90. The smallest absolute Gasteiger partial charge is 0.295 e. The van der Waals surface area contributed by atoms with Crippen molar-refractivity contribution in [1.29, 1.82) is 0 Å². The number of nitrogens with zero attached hydrogens (tertiary/aromatic N) is 3. The number of rotatable bonds is 9. The molecule has 0 bridgehead atoms. The van der Waals surface area contributed by atoms with E-state index in [1.165, 1.54) is 16.8 Å². The zero-order valence-corrected chi connectivity index (χ0v) is 24.2. The van der Waals surface area contributed by atoms with Crippen molar-refractivity contribution in [2.75, 3.05) is 16.2 Å². The van der Waals surface area contributed by atoms with E-state index in [-0.39, 0.29) is 16.3 Å². The Hall–Kier alpha value is -5.09. The average Bonchev–Trinajstić information content (AvgIpc) is 3.20. The summed E-state index contributed by atoms with van der Waals surface area (Å²) in [5.41, 5.74) is 1.96. The summed E-state index contributed by atoms with van der Waals surface area (Å²) in [6.07, 6.45) is 0. The topological polar surface area (TPSA) is 103 Å². The lowest BCUT2D eigenvalue weighted by Gasteiger charge is -2.24. The number of para-hydroxylation sites is 2. The Bertz CT molecular complexity index is 1860.